The highest BCUT2D eigenvalue weighted by Crippen LogP contribution is 2.28. The lowest BCUT2D eigenvalue weighted by Crippen LogP contribution is -2.40. The summed E-state index contributed by atoms with van der Waals surface area (Å²) in [6.07, 6.45) is 0.127. The van der Waals surface area contributed by atoms with Crippen molar-refractivity contribution in [3.8, 4) is 5.75 Å². The molecule has 0 saturated carbocycles. The van der Waals surface area contributed by atoms with Crippen molar-refractivity contribution in [3.05, 3.63) is 53.1 Å². The second-order valence-corrected chi connectivity index (χ2v) is 8.94. The number of carbonyl (C=O) groups is 1. The van der Waals surface area contributed by atoms with Crippen LogP contribution in [0.5, 0.6) is 5.75 Å². The minimum atomic E-state index is -3.76. The number of nitrogens with zero attached hydrogens (tertiary/aromatic N) is 1. The lowest BCUT2D eigenvalue weighted by molar-refractivity contribution is -0.116. The number of rotatable bonds is 7. The van der Waals surface area contributed by atoms with Crippen LogP contribution in [0.4, 0.5) is 5.69 Å². The molecule has 0 radical (unpaired) electrons. The summed E-state index contributed by atoms with van der Waals surface area (Å²) in [5.41, 5.74) is 1.43. The summed E-state index contributed by atoms with van der Waals surface area (Å²) in [5, 5.41) is 2.81. The number of hydrogen-bond acceptors (Lipinski definition) is 5. The van der Waals surface area contributed by atoms with Crippen molar-refractivity contribution >= 4 is 33.2 Å². The van der Waals surface area contributed by atoms with Gasteiger partial charge in [0.05, 0.1) is 31.3 Å². The molecule has 0 bridgehead atoms. The fraction of sp³-hybridized carbons (Fsp3) is 0.350. The van der Waals surface area contributed by atoms with Crippen LogP contribution in [-0.2, 0) is 19.6 Å². The number of amides is 1. The zero-order chi connectivity index (χ0) is 20.9. The lowest BCUT2D eigenvalue weighted by atomic mass is 10.2. The van der Waals surface area contributed by atoms with Crippen molar-refractivity contribution in [2.75, 3.05) is 38.2 Å². The van der Waals surface area contributed by atoms with Crippen LogP contribution in [0.2, 0.25) is 5.02 Å². The minimum Gasteiger partial charge on any atom is -0.493 e. The lowest BCUT2D eigenvalue weighted by Gasteiger charge is -2.26. The molecule has 0 aromatic heterocycles. The van der Waals surface area contributed by atoms with Crippen molar-refractivity contribution in [2.24, 2.45) is 0 Å². The summed E-state index contributed by atoms with van der Waals surface area (Å²) in [6.45, 7) is 3.39. The third-order valence-electron chi connectivity index (χ3n) is 4.39. The summed E-state index contributed by atoms with van der Waals surface area (Å²) in [5.74, 6) is 0.415. The maximum atomic E-state index is 12.9. The number of carbonyl (C=O) groups excluding carboxylic acids is 1. The molecular weight excluding hydrogens is 416 g/mol. The molecule has 0 unspecified atom stereocenters. The van der Waals surface area contributed by atoms with Gasteiger partial charge in [-0.2, -0.15) is 4.31 Å². The van der Waals surface area contributed by atoms with E-state index in [4.69, 9.17) is 21.1 Å². The quantitative estimate of drug-likeness (QED) is 0.718. The highest BCUT2D eigenvalue weighted by Gasteiger charge is 2.28. The maximum Gasteiger partial charge on any atom is 0.244 e. The van der Waals surface area contributed by atoms with Crippen molar-refractivity contribution in [2.45, 2.75) is 18.2 Å². The number of nitrogens with one attached hydrogen (secondary N) is 1. The predicted molar refractivity (Wildman–Crippen MR) is 111 cm³/mol. The largest absolute Gasteiger partial charge is 0.493 e. The van der Waals surface area contributed by atoms with E-state index in [0.29, 0.717) is 24.7 Å². The summed E-state index contributed by atoms with van der Waals surface area (Å²) in [6, 6.07) is 12.0. The Bertz CT molecular complexity index is 975. The Morgan fingerprint density at radius 2 is 1.97 bits per heavy atom. The molecule has 0 aliphatic carbocycles. The summed E-state index contributed by atoms with van der Waals surface area (Å²) >= 11 is 6.13. The average Bonchev–Trinajstić information content (AvgIpc) is 2.70. The third-order valence-corrected chi connectivity index (χ3v) is 6.77. The standard InChI is InChI=1S/C20H23ClN2O5S/c1-15-3-2-4-17(13-15)28-10-7-20(24)22-16-5-6-18(21)19(14-16)29(25,26)23-8-11-27-12-9-23/h2-6,13-14H,7-12H2,1H3,(H,22,24). The number of hydrogen-bond donors (Lipinski definition) is 1. The molecule has 3 rings (SSSR count). The van der Waals surface area contributed by atoms with Crippen LogP contribution in [-0.4, -0.2) is 51.5 Å². The Morgan fingerprint density at radius 1 is 1.21 bits per heavy atom. The number of anilines is 1. The topological polar surface area (TPSA) is 84.9 Å². The molecule has 2 aromatic carbocycles. The van der Waals surface area contributed by atoms with Gasteiger partial charge in [-0.15, -0.1) is 0 Å². The van der Waals surface area contributed by atoms with Crippen LogP contribution >= 0.6 is 11.6 Å². The van der Waals surface area contributed by atoms with Crippen molar-refractivity contribution in [3.63, 3.8) is 0 Å². The van der Waals surface area contributed by atoms with Gasteiger partial charge in [-0.3, -0.25) is 4.79 Å². The number of benzene rings is 2. The van der Waals surface area contributed by atoms with E-state index in [1.54, 1.807) is 6.07 Å². The van der Waals surface area contributed by atoms with Gasteiger partial charge in [-0.05, 0) is 42.8 Å². The van der Waals surface area contributed by atoms with Gasteiger partial charge in [-0.1, -0.05) is 23.7 Å². The third kappa shape index (κ3) is 5.70. The van der Waals surface area contributed by atoms with Gasteiger partial charge in [0.15, 0.2) is 0 Å². The highest BCUT2D eigenvalue weighted by molar-refractivity contribution is 7.89. The molecule has 0 spiro atoms. The van der Waals surface area contributed by atoms with Crippen molar-refractivity contribution in [1.29, 1.82) is 0 Å². The van der Waals surface area contributed by atoms with E-state index >= 15 is 0 Å². The highest BCUT2D eigenvalue weighted by atomic mass is 35.5. The molecule has 7 nitrogen and oxygen atoms in total. The molecule has 1 heterocycles. The van der Waals surface area contributed by atoms with E-state index in [-0.39, 0.29) is 41.9 Å². The number of ether oxygens (including phenoxy) is 2. The first-order valence-electron chi connectivity index (χ1n) is 9.23. The second kappa shape index (κ2) is 9.58. The van der Waals surface area contributed by atoms with Gasteiger partial charge >= 0.3 is 0 Å². The van der Waals surface area contributed by atoms with E-state index in [9.17, 15) is 13.2 Å². The summed E-state index contributed by atoms with van der Waals surface area (Å²) < 4.78 is 37.8. The molecule has 1 aliphatic rings. The van der Waals surface area contributed by atoms with Gasteiger partial charge < -0.3 is 14.8 Å². The van der Waals surface area contributed by atoms with Gasteiger partial charge in [0.1, 0.15) is 10.6 Å². The first kappa shape index (κ1) is 21.6. The van der Waals surface area contributed by atoms with Gasteiger partial charge in [0.25, 0.3) is 0 Å². The minimum absolute atomic E-state index is 0.0325. The van der Waals surface area contributed by atoms with Gasteiger partial charge in [0, 0.05) is 18.8 Å². The summed E-state index contributed by atoms with van der Waals surface area (Å²) in [7, 11) is -3.76. The van der Waals surface area contributed by atoms with Crippen LogP contribution < -0.4 is 10.1 Å². The van der Waals surface area contributed by atoms with Crippen molar-refractivity contribution < 1.29 is 22.7 Å². The molecule has 1 fully saturated rings. The molecule has 9 heteroatoms. The zero-order valence-electron chi connectivity index (χ0n) is 16.1. The van der Waals surface area contributed by atoms with Crippen LogP contribution in [0, 0.1) is 6.92 Å². The Labute approximate surface area is 175 Å². The normalized spacial score (nSPS) is 15.1. The summed E-state index contributed by atoms with van der Waals surface area (Å²) in [4.78, 5) is 12.2. The van der Waals surface area contributed by atoms with Crippen LogP contribution in [0.3, 0.4) is 0 Å². The Morgan fingerprint density at radius 3 is 2.69 bits per heavy atom. The van der Waals surface area contributed by atoms with E-state index < -0.39 is 10.0 Å². The van der Waals surface area contributed by atoms with Crippen LogP contribution in [0.15, 0.2) is 47.4 Å². The first-order valence-corrected chi connectivity index (χ1v) is 11.0. The monoisotopic (exact) mass is 438 g/mol. The molecule has 156 valence electrons. The number of halogens is 1. The molecule has 2 aromatic rings. The fourth-order valence-corrected chi connectivity index (χ4v) is 4.80. The van der Waals surface area contributed by atoms with Crippen molar-refractivity contribution in [1.82, 2.24) is 4.31 Å². The molecule has 1 saturated heterocycles. The van der Waals surface area contributed by atoms with E-state index in [1.165, 1.54) is 16.4 Å². The molecule has 29 heavy (non-hydrogen) atoms. The Kier molecular flexibility index (Phi) is 7.13. The smallest absolute Gasteiger partial charge is 0.244 e. The van der Waals surface area contributed by atoms with Crippen LogP contribution in [0.1, 0.15) is 12.0 Å². The molecule has 1 amide bonds. The SMILES string of the molecule is Cc1cccc(OCCC(=O)Nc2ccc(Cl)c(S(=O)(=O)N3CCOCC3)c2)c1. The molecule has 1 N–H and O–H groups in total. The number of morpholine rings is 1. The van der Waals surface area contributed by atoms with E-state index in [2.05, 4.69) is 5.32 Å². The maximum absolute atomic E-state index is 12.9. The average molecular weight is 439 g/mol. The second-order valence-electron chi connectivity index (χ2n) is 6.62. The zero-order valence-corrected chi connectivity index (χ0v) is 17.6. The Hall–Kier alpha value is -2.13. The van der Waals surface area contributed by atoms with E-state index in [0.717, 1.165) is 5.56 Å². The number of aryl methyl sites for hydroxylation is 1. The fourth-order valence-electron chi connectivity index (χ4n) is 2.90. The molecular formula is C20H23ClN2O5S. The Balaban J connectivity index is 1.62. The number of sulfonamides is 1. The molecule has 0 atom stereocenters. The van der Waals surface area contributed by atoms with E-state index in [1.807, 2.05) is 31.2 Å². The first-order chi connectivity index (χ1) is 13.9. The van der Waals surface area contributed by atoms with Gasteiger partial charge in [-0.25, -0.2) is 8.42 Å². The van der Waals surface area contributed by atoms with Gasteiger partial charge in [0.2, 0.25) is 15.9 Å². The molecule has 1 aliphatic heterocycles. The predicted octanol–water partition coefficient (Wildman–Crippen LogP) is 3.08. The van der Waals surface area contributed by atoms with Crippen LogP contribution in [0.25, 0.3) is 0 Å².